The van der Waals surface area contributed by atoms with E-state index in [1.807, 2.05) is 18.3 Å². The number of amides is 1. The normalized spacial score (nSPS) is 17.8. The van der Waals surface area contributed by atoms with Crippen LogP contribution in [0.5, 0.6) is 0 Å². The maximum absolute atomic E-state index is 12.3. The minimum Gasteiger partial charge on any atom is -0.381 e. The summed E-state index contributed by atoms with van der Waals surface area (Å²) in [6.45, 7) is 2.32. The van der Waals surface area contributed by atoms with Crippen LogP contribution in [0, 0.1) is 5.92 Å². The first-order valence-electron chi connectivity index (χ1n) is 9.01. The average Bonchev–Trinajstić information content (AvgIpc) is 2.69. The third kappa shape index (κ3) is 3.51. The summed E-state index contributed by atoms with van der Waals surface area (Å²) in [5.41, 5.74) is 3.71. The Bertz CT molecular complexity index is 739. The zero-order valence-corrected chi connectivity index (χ0v) is 14.3. The van der Waals surface area contributed by atoms with Crippen molar-refractivity contribution >= 4 is 23.1 Å². The molecule has 1 aromatic heterocycles. The molecule has 1 aromatic carbocycles. The second-order valence-corrected chi connectivity index (χ2v) is 6.66. The van der Waals surface area contributed by atoms with Crippen LogP contribution in [0.3, 0.4) is 0 Å². The quantitative estimate of drug-likeness (QED) is 0.931. The van der Waals surface area contributed by atoms with Crippen molar-refractivity contribution in [2.75, 3.05) is 30.0 Å². The van der Waals surface area contributed by atoms with Crippen molar-refractivity contribution in [3.05, 3.63) is 48.2 Å². The Morgan fingerprint density at radius 2 is 2.00 bits per heavy atom. The highest BCUT2D eigenvalue weighted by atomic mass is 16.5. The van der Waals surface area contributed by atoms with Crippen LogP contribution in [0.2, 0.25) is 0 Å². The molecule has 0 atom stereocenters. The molecule has 0 unspecified atom stereocenters. The van der Waals surface area contributed by atoms with E-state index >= 15 is 0 Å². The molecule has 3 heterocycles. The average molecular weight is 337 g/mol. The van der Waals surface area contributed by atoms with Crippen molar-refractivity contribution in [1.29, 1.82) is 0 Å². The number of ether oxygens (including phenoxy) is 1. The number of nitrogens with one attached hydrogen (secondary N) is 1. The molecule has 4 rings (SSSR count). The number of nitrogens with zero attached hydrogens (tertiary/aromatic N) is 2. The standard InChI is InChI=1S/C20H23N3O2/c24-20(16-9-12-25-13-10-16)22-19-8-7-17(14-21-19)23-11-3-5-15-4-1-2-6-18(15)23/h1-2,4,6-8,14,16H,3,5,9-13H2,(H,21,22,24). The molecule has 1 fully saturated rings. The van der Waals surface area contributed by atoms with Gasteiger partial charge in [-0.05, 0) is 49.4 Å². The van der Waals surface area contributed by atoms with Crippen LogP contribution in [0.25, 0.3) is 0 Å². The number of hydrogen-bond acceptors (Lipinski definition) is 4. The fourth-order valence-corrected chi connectivity index (χ4v) is 3.61. The molecule has 5 heteroatoms. The van der Waals surface area contributed by atoms with E-state index in [9.17, 15) is 4.79 Å². The van der Waals surface area contributed by atoms with Gasteiger partial charge in [0.2, 0.25) is 5.91 Å². The number of aromatic nitrogens is 1. The third-order valence-corrected chi connectivity index (χ3v) is 5.01. The number of anilines is 3. The Hall–Kier alpha value is -2.40. The summed E-state index contributed by atoms with van der Waals surface area (Å²) >= 11 is 0. The van der Waals surface area contributed by atoms with Crippen molar-refractivity contribution in [3.8, 4) is 0 Å². The van der Waals surface area contributed by atoms with E-state index in [1.165, 1.54) is 11.3 Å². The lowest BCUT2D eigenvalue weighted by atomic mass is 9.99. The lowest BCUT2D eigenvalue weighted by molar-refractivity contribution is -0.122. The molecule has 2 aromatic rings. The number of aryl methyl sites for hydroxylation is 1. The maximum Gasteiger partial charge on any atom is 0.228 e. The highest BCUT2D eigenvalue weighted by molar-refractivity contribution is 5.91. The number of pyridine rings is 1. The van der Waals surface area contributed by atoms with Gasteiger partial charge in [-0.1, -0.05) is 18.2 Å². The van der Waals surface area contributed by atoms with Gasteiger partial charge in [0.1, 0.15) is 5.82 Å². The first kappa shape index (κ1) is 16.1. The van der Waals surface area contributed by atoms with E-state index in [0.717, 1.165) is 37.9 Å². The molecular formula is C20H23N3O2. The molecule has 0 radical (unpaired) electrons. The van der Waals surface area contributed by atoms with E-state index in [1.54, 1.807) is 0 Å². The van der Waals surface area contributed by atoms with E-state index in [4.69, 9.17) is 4.74 Å². The van der Waals surface area contributed by atoms with Gasteiger partial charge in [0, 0.05) is 31.4 Å². The molecule has 0 spiro atoms. The molecule has 2 aliphatic heterocycles. The monoisotopic (exact) mass is 337 g/mol. The van der Waals surface area contributed by atoms with Crippen LogP contribution in [0.1, 0.15) is 24.8 Å². The summed E-state index contributed by atoms with van der Waals surface area (Å²) < 4.78 is 5.31. The van der Waals surface area contributed by atoms with E-state index in [-0.39, 0.29) is 11.8 Å². The second kappa shape index (κ2) is 7.23. The van der Waals surface area contributed by atoms with E-state index in [0.29, 0.717) is 19.0 Å². The van der Waals surface area contributed by atoms with Gasteiger partial charge in [-0.15, -0.1) is 0 Å². The van der Waals surface area contributed by atoms with Crippen molar-refractivity contribution in [2.24, 2.45) is 5.92 Å². The Balaban J connectivity index is 1.46. The number of carbonyl (C=O) groups excluding carboxylic acids is 1. The summed E-state index contributed by atoms with van der Waals surface area (Å²) in [4.78, 5) is 19.1. The van der Waals surface area contributed by atoms with Crippen LogP contribution in [0.15, 0.2) is 42.6 Å². The van der Waals surface area contributed by atoms with Gasteiger partial charge >= 0.3 is 0 Å². The highest BCUT2D eigenvalue weighted by Gasteiger charge is 2.22. The number of hydrogen-bond donors (Lipinski definition) is 1. The van der Waals surface area contributed by atoms with Crippen LogP contribution < -0.4 is 10.2 Å². The maximum atomic E-state index is 12.3. The number of fused-ring (bicyclic) bond motifs is 1. The molecular weight excluding hydrogens is 314 g/mol. The van der Waals surface area contributed by atoms with Crippen molar-refractivity contribution in [3.63, 3.8) is 0 Å². The van der Waals surface area contributed by atoms with Gasteiger partial charge < -0.3 is 15.0 Å². The first-order chi connectivity index (χ1) is 12.3. The van der Waals surface area contributed by atoms with Gasteiger partial charge in [-0.3, -0.25) is 4.79 Å². The fourth-order valence-electron chi connectivity index (χ4n) is 3.61. The molecule has 0 bridgehead atoms. The Morgan fingerprint density at radius 3 is 2.80 bits per heavy atom. The van der Waals surface area contributed by atoms with Crippen LogP contribution in [-0.2, 0) is 16.0 Å². The van der Waals surface area contributed by atoms with Gasteiger partial charge in [-0.2, -0.15) is 0 Å². The predicted molar refractivity (Wildman–Crippen MR) is 98.2 cm³/mol. The second-order valence-electron chi connectivity index (χ2n) is 6.66. The van der Waals surface area contributed by atoms with Crippen molar-refractivity contribution < 1.29 is 9.53 Å². The molecule has 25 heavy (non-hydrogen) atoms. The summed E-state index contributed by atoms with van der Waals surface area (Å²) in [6.07, 6.45) is 5.68. The lowest BCUT2D eigenvalue weighted by Gasteiger charge is -2.31. The topological polar surface area (TPSA) is 54.5 Å². The van der Waals surface area contributed by atoms with Gasteiger partial charge in [-0.25, -0.2) is 4.98 Å². The van der Waals surface area contributed by atoms with Crippen LogP contribution in [-0.4, -0.2) is 30.6 Å². The lowest BCUT2D eigenvalue weighted by Crippen LogP contribution is -2.29. The summed E-state index contributed by atoms with van der Waals surface area (Å²) in [7, 11) is 0. The molecule has 1 saturated heterocycles. The van der Waals surface area contributed by atoms with Crippen molar-refractivity contribution in [2.45, 2.75) is 25.7 Å². The smallest absolute Gasteiger partial charge is 0.228 e. The largest absolute Gasteiger partial charge is 0.381 e. The summed E-state index contributed by atoms with van der Waals surface area (Å²) in [5.74, 6) is 0.696. The van der Waals surface area contributed by atoms with Gasteiger partial charge in [0.05, 0.1) is 11.9 Å². The Labute approximate surface area is 148 Å². The SMILES string of the molecule is O=C(Nc1ccc(N2CCCc3ccccc32)cn1)C1CCOCC1. The first-order valence-corrected chi connectivity index (χ1v) is 9.01. The Morgan fingerprint density at radius 1 is 1.16 bits per heavy atom. The Kier molecular flexibility index (Phi) is 4.65. The van der Waals surface area contributed by atoms with Crippen molar-refractivity contribution in [1.82, 2.24) is 4.98 Å². The summed E-state index contributed by atoms with van der Waals surface area (Å²) in [6, 6.07) is 12.5. The van der Waals surface area contributed by atoms with Crippen LogP contribution >= 0.6 is 0 Å². The molecule has 1 amide bonds. The minimum atomic E-state index is 0.0317. The number of rotatable bonds is 3. The highest BCUT2D eigenvalue weighted by Crippen LogP contribution is 2.33. The molecule has 1 N–H and O–H groups in total. The summed E-state index contributed by atoms with van der Waals surface area (Å²) in [5, 5.41) is 2.94. The van der Waals surface area contributed by atoms with Crippen LogP contribution in [0.4, 0.5) is 17.2 Å². The predicted octanol–water partition coefficient (Wildman–Crippen LogP) is 3.53. The zero-order chi connectivity index (χ0) is 17.1. The molecule has 0 aliphatic carbocycles. The van der Waals surface area contributed by atoms with E-state index < -0.39 is 0 Å². The molecule has 2 aliphatic rings. The number of para-hydroxylation sites is 1. The zero-order valence-electron chi connectivity index (χ0n) is 14.3. The van der Waals surface area contributed by atoms with Gasteiger partial charge in [0.25, 0.3) is 0 Å². The number of carbonyl (C=O) groups is 1. The molecule has 5 nitrogen and oxygen atoms in total. The number of benzene rings is 1. The van der Waals surface area contributed by atoms with Gasteiger partial charge in [0.15, 0.2) is 0 Å². The molecule has 130 valence electrons. The molecule has 0 saturated carbocycles. The van der Waals surface area contributed by atoms with E-state index in [2.05, 4.69) is 39.5 Å². The third-order valence-electron chi connectivity index (χ3n) is 5.01. The fraction of sp³-hybridized carbons (Fsp3) is 0.400. The minimum absolute atomic E-state index is 0.0317.